The topological polar surface area (TPSA) is 87.1 Å². The van der Waals surface area contributed by atoms with Crippen LogP contribution >= 0.6 is 0 Å². The van der Waals surface area contributed by atoms with Crippen molar-refractivity contribution in [3.8, 4) is 5.75 Å². The second kappa shape index (κ2) is 3.99. The van der Waals surface area contributed by atoms with Gasteiger partial charge in [-0.05, 0) is 25.1 Å². The average Bonchev–Trinajstić information content (AvgIpc) is 2.84. The Morgan fingerprint density at radius 1 is 1.33 bits per heavy atom. The first-order valence-electron chi connectivity index (χ1n) is 5.85. The van der Waals surface area contributed by atoms with E-state index in [4.69, 9.17) is 0 Å². The summed E-state index contributed by atoms with van der Waals surface area (Å²) in [6, 6.07) is 4.52. The number of rotatable bonds is 1. The van der Waals surface area contributed by atoms with Crippen LogP contribution in [0.25, 0.3) is 10.9 Å². The number of fused-ring (bicyclic) bond motifs is 1. The summed E-state index contributed by atoms with van der Waals surface area (Å²) < 4.78 is 1.24. The molecule has 94 valence electrons. The summed E-state index contributed by atoms with van der Waals surface area (Å²) in [5.74, 6) is -0.0848. The Bertz CT molecular complexity index is 711. The molecule has 1 fully saturated rings. The molecule has 1 aliphatic rings. The van der Waals surface area contributed by atoms with Crippen molar-refractivity contribution in [3.05, 3.63) is 39.0 Å². The van der Waals surface area contributed by atoms with Crippen LogP contribution in [0.15, 0.2) is 27.8 Å². The number of nitrogens with one attached hydrogen (secondary N) is 2. The summed E-state index contributed by atoms with van der Waals surface area (Å²) in [6.07, 6.45) is 0.757. The predicted octanol–water partition coefficient (Wildman–Crippen LogP) is -0.0702. The third-order valence-electron chi connectivity index (χ3n) is 3.34. The molecule has 0 radical (unpaired) electrons. The van der Waals surface area contributed by atoms with E-state index in [2.05, 4.69) is 10.3 Å². The van der Waals surface area contributed by atoms with Gasteiger partial charge in [-0.1, -0.05) is 6.07 Å². The number of aromatic amines is 1. The number of benzene rings is 1. The van der Waals surface area contributed by atoms with Crippen LogP contribution in [0.1, 0.15) is 12.5 Å². The van der Waals surface area contributed by atoms with E-state index >= 15 is 0 Å². The van der Waals surface area contributed by atoms with Crippen LogP contribution in [-0.4, -0.2) is 27.7 Å². The van der Waals surface area contributed by atoms with E-state index in [1.54, 1.807) is 12.1 Å². The van der Waals surface area contributed by atoms with Crippen LogP contribution in [0.5, 0.6) is 5.75 Å². The zero-order chi connectivity index (χ0) is 12.7. The van der Waals surface area contributed by atoms with Crippen LogP contribution in [0.4, 0.5) is 0 Å². The van der Waals surface area contributed by atoms with Crippen LogP contribution in [0.3, 0.4) is 0 Å². The van der Waals surface area contributed by atoms with Gasteiger partial charge < -0.3 is 15.4 Å². The van der Waals surface area contributed by atoms with Crippen LogP contribution in [0, 0.1) is 0 Å². The number of aromatic hydroxyl groups is 1. The second-order valence-electron chi connectivity index (χ2n) is 4.45. The Balaban J connectivity index is 2.34. The number of phenolic OH excluding ortho intramolecular Hbond substituents is 1. The van der Waals surface area contributed by atoms with E-state index in [1.165, 1.54) is 10.6 Å². The summed E-state index contributed by atoms with van der Waals surface area (Å²) in [4.78, 5) is 26.8. The maximum atomic E-state index is 12.3. The molecule has 2 aromatic rings. The fraction of sp³-hybridized carbons (Fsp3) is 0.333. The second-order valence-corrected chi connectivity index (χ2v) is 4.45. The lowest BCUT2D eigenvalue weighted by atomic mass is 10.2. The number of aromatic nitrogens is 2. The van der Waals surface area contributed by atoms with Crippen molar-refractivity contribution in [2.24, 2.45) is 0 Å². The molecule has 0 spiro atoms. The summed E-state index contributed by atoms with van der Waals surface area (Å²) in [7, 11) is 0. The summed E-state index contributed by atoms with van der Waals surface area (Å²) in [6.45, 7) is 1.42. The number of hydrogen-bond acceptors (Lipinski definition) is 4. The minimum absolute atomic E-state index is 0.0848. The van der Waals surface area contributed by atoms with E-state index in [0.29, 0.717) is 11.9 Å². The predicted molar refractivity (Wildman–Crippen MR) is 67.0 cm³/mol. The smallest absolute Gasteiger partial charge is 0.329 e. The molecule has 1 atom stereocenters. The Labute approximate surface area is 102 Å². The lowest BCUT2D eigenvalue weighted by Gasteiger charge is -2.12. The molecular weight excluding hydrogens is 234 g/mol. The first-order valence-corrected chi connectivity index (χ1v) is 5.85. The Hall–Kier alpha value is -2.08. The molecule has 1 aliphatic heterocycles. The minimum atomic E-state index is -0.470. The molecule has 0 amide bonds. The fourth-order valence-corrected chi connectivity index (χ4v) is 2.43. The van der Waals surface area contributed by atoms with Gasteiger partial charge in [0.1, 0.15) is 5.75 Å². The first-order chi connectivity index (χ1) is 8.68. The quantitative estimate of drug-likeness (QED) is 0.658. The molecule has 2 heterocycles. The van der Waals surface area contributed by atoms with E-state index in [1.807, 2.05) is 0 Å². The van der Waals surface area contributed by atoms with Gasteiger partial charge in [-0.15, -0.1) is 0 Å². The Morgan fingerprint density at radius 3 is 2.89 bits per heavy atom. The van der Waals surface area contributed by atoms with Crippen LogP contribution < -0.4 is 16.6 Å². The highest BCUT2D eigenvalue weighted by molar-refractivity contribution is 5.82. The van der Waals surface area contributed by atoms with Crippen molar-refractivity contribution in [1.82, 2.24) is 14.9 Å². The zero-order valence-electron chi connectivity index (χ0n) is 9.64. The molecule has 0 saturated carbocycles. The van der Waals surface area contributed by atoms with Gasteiger partial charge in [0.25, 0.3) is 5.56 Å². The number of hydrogen-bond donors (Lipinski definition) is 3. The van der Waals surface area contributed by atoms with Crippen molar-refractivity contribution in [2.75, 3.05) is 13.1 Å². The number of para-hydroxylation sites is 1. The maximum absolute atomic E-state index is 12.3. The molecular formula is C12H13N3O3. The molecule has 3 rings (SSSR count). The lowest BCUT2D eigenvalue weighted by Crippen LogP contribution is -2.38. The van der Waals surface area contributed by atoms with Crippen molar-refractivity contribution in [2.45, 2.75) is 12.5 Å². The molecule has 1 aromatic heterocycles. The first kappa shape index (κ1) is 11.0. The number of nitrogens with zero attached hydrogens (tertiary/aromatic N) is 1. The largest absolute Gasteiger partial charge is 0.506 e. The summed E-state index contributed by atoms with van der Waals surface area (Å²) >= 11 is 0. The number of H-pyrrole nitrogens is 1. The summed E-state index contributed by atoms with van der Waals surface area (Å²) in [5, 5.41) is 13.1. The highest BCUT2D eigenvalue weighted by atomic mass is 16.3. The Kier molecular flexibility index (Phi) is 2.45. The molecule has 3 N–H and O–H groups in total. The normalized spacial score (nSPS) is 19.4. The van der Waals surface area contributed by atoms with Gasteiger partial charge in [0.15, 0.2) is 0 Å². The minimum Gasteiger partial charge on any atom is -0.506 e. The number of phenols is 1. The highest BCUT2D eigenvalue weighted by Gasteiger charge is 2.21. The van der Waals surface area contributed by atoms with Gasteiger partial charge >= 0.3 is 5.69 Å². The van der Waals surface area contributed by atoms with Crippen molar-refractivity contribution >= 4 is 10.9 Å². The van der Waals surface area contributed by atoms with Crippen molar-refractivity contribution < 1.29 is 5.11 Å². The highest BCUT2D eigenvalue weighted by Crippen LogP contribution is 2.19. The van der Waals surface area contributed by atoms with Crippen LogP contribution in [-0.2, 0) is 0 Å². The van der Waals surface area contributed by atoms with Crippen molar-refractivity contribution in [3.63, 3.8) is 0 Å². The molecule has 6 nitrogen and oxygen atoms in total. The average molecular weight is 247 g/mol. The molecule has 6 heteroatoms. The lowest BCUT2D eigenvalue weighted by molar-refractivity contribution is 0.477. The molecule has 18 heavy (non-hydrogen) atoms. The molecule has 0 aliphatic carbocycles. The van der Waals surface area contributed by atoms with Gasteiger partial charge in [-0.2, -0.15) is 0 Å². The summed E-state index contributed by atoms with van der Waals surface area (Å²) in [5.41, 5.74) is -0.615. The van der Waals surface area contributed by atoms with Crippen LogP contribution in [0.2, 0.25) is 0 Å². The van der Waals surface area contributed by atoms with Gasteiger partial charge in [0.2, 0.25) is 0 Å². The van der Waals surface area contributed by atoms with Gasteiger partial charge in [-0.3, -0.25) is 9.36 Å². The zero-order valence-corrected chi connectivity index (χ0v) is 9.64. The maximum Gasteiger partial charge on any atom is 0.329 e. The van der Waals surface area contributed by atoms with E-state index in [0.717, 1.165) is 13.0 Å². The van der Waals surface area contributed by atoms with E-state index in [9.17, 15) is 14.7 Å². The van der Waals surface area contributed by atoms with Crippen molar-refractivity contribution in [1.29, 1.82) is 0 Å². The third-order valence-corrected chi connectivity index (χ3v) is 3.34. The molecule has 1 aromatic carbocycles. The molecule has 1 unspecified atom stereocenters. The fourth-order valence-electron chi connectivity index (χ4n) is 2.43. The van der Waals surface area contributed by atoms with Gasteiger partial charge in [0.05, 0.1) is 16.9 Å². The molecule has 0 bridgehead atoms. The standard InChI is InChI=1S/C12H13N3O3/c16-9-3-1-2-8-10(9)14-12(18)15(11(8)17)7-4-5-13-6-7/h1-3,7,13,16H,4-6H2,(H,14,18). The van der Waals surface area contributed by atoms with Gasteiger partial charge in [0, 0.05) is 6.54 Å². The van der Waals surface area contributed by atoms with E-state index in [-0.39, 0.29) is 22.9 Å². The SMILES string of the molecule is O=c1[nH]c2c(O)cccc2c(=O)n1C1CCNC1. The monoisotopic (exact) mass is 247 g/mol. The Morgan fingerprint density at radius 2 is 2.17 bits per heavy atom. The third kappa shape index (κ3) is 1.53. The molecule has 1 saturated heterocycles. The van der Waals surface area contributed by atoms with Gasteiger partial charge in [-0.25, -0.2) is 4.79 Å². The van der Waals surface area contributed by atoms with E-state index < -0.39 is 5.69 Å².